The Morgan fingerprint density at radius 3 is 2.55 bits per heavy atom. The molecule has 0 amide bonds. The molecule has 0 saturated carbocycles. The van der Waals surface area contributed by atoms with Crippen LogP contribution in [0.4, 0.5) is 0 Å². The first-order chi connectivity index (χ1) is 14.5. The molecule has 6 nitrogen and oxygen atoms in total. The summed E-state index contributed by atoms with van der Waals surface area (Å²) in [6, 6.07) is 0. The average Bonchev–Trinajstić information content (AvgIpc) is 3.33. The molecule has 31 heavy (non-hydrogen) atoms. The summed E-state index contributed by atoms with van der Waals surface area (Å²) in [6.07, 6.45) is 8.21. The number of hydrogen-bond donors (Lipinski definition) is 2. The van der Waals surface area contributed by atoms with Crippen molar-refractivity contribution in [3.8, 4) is 0 Å². The summed E-state index contributed by atoms with van der Waals surface area (Å²) >= 11 is 0. The molecule has 178 valence electrons. The number of aliphatic carboxylic acids is 1. The zero-order chi connectivity index (χ0) is 23.3. The van der Waals surface area contributed by atoms with Crippen molar-refractivity contribution in [2.45, 2.75) is 103 Å². The molecule has 2 N–H and O–H groups in total. The molecular weight excluding hydrogens is 396 g/mol. The van der Waals surface area contributed by atoms with Gasteiger partial charge < -0.3 is 24.4 Å². The molecule has 0 bridgehead atoms. The number of aliphatic hydroxyl groups is 1. The first-order valence-electron chi connectivity index (χ1n) is 11.6. The summed E-state index contributed by atoms with van der Waals surface area (Å²) in [5.41, 5.74) is 0.935. The Bertz CT molecular complexity index is 656. The van der Waals surface area contributed by atoms with E-state index in [2.05, 4.69) is 52.8 Å². The zero-order valence-corrected chi connectivity index (χ0v) is 20.2. The van der Waals surface area contributed by atoms with Gasteiger partial charge in [-0.05, 0) is 57.4 Å². The van der Waals surface area contributed by atoms with Crippen molar-refractivity contribution in [2.75, 3.05) is 7.11 Å². The van der Waals surface area contributed by atoms with E-state index in [4.69, 9.17) is 19.3 Å². The lowest BCUT2D eigenvalue weighted by atomic mass is 9.85. The molecule has 6 heteroatoms. The number of carboxylic acids is 1. The number of ether oxygens (including phenoxy) is 3. The van der Waals surface area contributed by atoms with Crippen LogP contribution in [0.25, 0.3) is 0 Å². The minimum Gasteiger partial charge on any atom is -0.481 e. The fourth-order valence-electron chi connectivity index (χ4n) is 5.22. The first-order valence-corrected chi connectivity index (χ1v) is 11.6. The van der Waals surface area contributed by atoms with Gasteiger partial charge in [0.25, 0.3) is 0 Å². The predicted molar refractivity (Wildman–Crippen MR) is 121 cm³/mol. The smallest absolute Gasteiger partial charge is 0.305 e. The van der Waals surface area contributed by atoms with Gasteiger partial charge in [0.15, 0.2) is 0 Å². The SMILES string of the molecule is CO[C@H]([C@@H](C)[C@H]1O[C@]1(C)CC(C)/C=C/C=C(\C)C1OC(CC(=O)O)CCC1C)[C@@H](C)O. The molecule has 2 aliphatic rings. The van der Waals surface area contributed by atoms with Gasteiger partial charge in [-0.3, -0.25) is 4.79 Å². The molecule has 2 heterocycles. The summed E-state index contributed by atoms with van der Waals surface area (Å²) in [7, 11) is 1.63. The molecule has 4 unspecified atom stereocenters. The minimum absolute atomic E-state index is 0.0287. The molecule has 0 aromatic heterocycles. The largest absolute Gasteiger partial charge is 0.481 e. The predicted octanol–water partition coefficient (Wildman–Crippen LogP) is 4.36. The van der Waals surface area contributed by atoms with E-state index >= 15 is 0 Å². The Balaban J connectivity index is 1.89. The number of carbonyl (C=O) groups is 1. The monoisotopic (exact) mass is 438 g/mol. The normalized spacial score (nSPS) is 35.5. The number of allylic oxidation sites excluding steroid dienone is 3. The second-order valence-corrected chi connectivity index (χ2v) is 9.96. The summed E-state index contributed by atoms with van der Waals surface area (Å²) < 4.78 is 17.6. The van der Waals surface area contributed by atoms with Crippen LogP contribution >= 0.6 is 0 Å². The zero-order valence-electron chi connectivity index (χ0n) is 20.2. The van der Waals surface area contributed by atoms with E-state index in [1.807, 2.05) is 0 Å². The van der Waals surface area contributed by atoms with Crippen molar-refractivity contribution in [1.29, 1.82) is 0 Å². The fourth-order valence-corrected chi connectivity index (χ4v) is 5.22. The van der Waals surface area contributed by atoms with Gasteiger partial charge in [0.05, 0.1) is 42.5 Å². The molecule has 0 aliphatic carbocycles. The highest BCUT2D eigenvalue weighted by atomic mass is 16.6. The highest BCUT2D eigenvalue weighted by molar-refractivity contribution is 5.67. The van der Waals surface area contributed by atoms with Gasteiger partial charge in [0.1, 0.15) is 0 Å². The lowest BCUT2D eigenvalue weighted by molar-refractivity contribution is -0.143. The van der Waals surface area contributed by atoms with Crippen LogP contribution < -0.4 is 0 Å². The van der Waals surface area contributed by atoms with Crippen LogP contribution in [0.15, 0.2) is 23.8 Å². The molecule has 9 atom stereocenters. The van der Waals surface area contributed by atoms with E-state index in [0.717, 1.165) is 24.8 Å². The van der Waals surface area contributed by atoms with Crippen LogP contribution in [-0.2, 0) is 19.0 Å². The number of methoxy groups -OCH3 is 1. The van der Waals surface area contributed by atoms with Crippen molar-refractivity contribution in [3.63, 3.8) is 0 Å². The van der Waals surface area contributed by atoms with E-state index in [-0.39, 0.29) is 42.4 Å². The maximum absolute atomic E-state index is 11.0. The van der Waals surface area contributed by atoms with Crippen molar-refractivity contribution in [2.24, 2.45) is 17.8 Å². The Hall–Kier alpha value is -1.21. The first kappa shape index (κ1) is 26.0. The number of epoxide rings is 1. The van der Waals surface area contributed by atoms with Gasteiger partial charge in [-0.2, -0.15) is 0 Å². The Morgan fingerprint density at radius 1 is 1.29 bits per heavy atom. The lowest BCUT2D eigenvalue weighted by Crippen LogP contribution is -2.36. The third kappa shape index (κ3) is 7.14. The minimum atomic E-state index is -0.803. The van der Waals surface area contributed by atoms with Crippen LogP contribution in [-0.4, -0.2) is 59.4 Å². The van der Waals surface area contributed by atoms with Crippen molar-refractivity contribution >= 4 is 5.97 Å². The number of rotatable bonds is 11. The van der Waals surface area contributed by atoms with E-state index in [9.17, 15) is 9.90 Å². The van der Waals surface area contributed by atoms with E-state index in [0.29, 0.717) is 11.8 Å². The molecule has 2 rings (SSSR count). The average molecular weight is 439 g/mol. The maximum atomic E-state index is 11.0. The van der Waals surface area contributed by atoms with E-state index in [1.165, 1.54) is 0 Å². The van der Waals surface area contributed by atoms with Crippen LogP contribution in [0.2, 0.25) is 0 Å². The third-order valence-electron chi connectivity index (χ3n) is 6.86. The van der Waals surface area contributed by atoms with Gasteiger partial charge in [-0.15, -0.1) is 0 Å². The summed E-state index contributed by atoms with van der Waals surface area (Å²) in [5.74, 6) is 0.0402. The van der Waals surface area contributed by atoms with Crippen LogP contribution in [0.3, 0.4) is 0 Å². The Kier molecular flexibility index (Phi) is 9.31. The highest BCUT2D eigenvalue weighted by Gasteiger charge is 2.56. The molecule has 0 spiro atoms. The molecule has 0 aromatic rings. The molecule has 2 fully saturated rings. The topological polar surface area (TPSA) is 88.5 Å². The van der Waals surface area contributed by atoms with Gasteiger partial charge in [-0.25, -0.2) is 0 Å². The fraction of sp³-hybridized carbons (Fsp3) is 0.800. The van der Waals surface area contributed by atoms with Gasteiger partial charge in [0.2, 0.25) is 0 Å². The van der Waals surface area contributed by atoms with Gasteiger partial charge in [0, 0.05) is 13.0 Å². The molecule has 0 radical (unpaired) electrons. The summed E-state index contributed by atoms with van der Waals surface area (Å²) in [6.45, 7) is 12.4. The molecule has 0 aromatic carbocycles. The van der Waals surface area contributed by atoms with Crippen molar-refractivity contribution in [1.82, 2.24) is 0 Å². The lowest BCUT2D eigenvalue weighted by Gasteiger charge is -2.35. The summed E-state index contributed by atoms with van der Waals surface area (Å²) in [4.78, 5) is 11.0. The second kappa shape index (κ2) is 11.1. The van der Waals surface area contributed by atoms with Crippen molar-refractivity contribution < 1.29 is 29.2 Å². The second-order valence-electron chi connectivity index (χ2n) is 9.96. The van der Waals surface area contributed by atoms with Crippen molar-refractivity contribution in [3.05, 3.63) is 23.8 Å². The van der Waals surface area contributed by atoms with Gasteiger partial charge >= 0.3 is 5.97 Å². The molecule has 2 aliphatic heterocycles. The Morgan fingerprint density at radius 2 is 1.97 bits per heavy atom. The third-order valence-corrected chi connectivity index (χ3v) is 6.86. The number of hydrogen-bond acceptors (Lipinski definition) is 5. The van der Waals surface area contributed by atoms with Crippen LogP contribution in [0.1, 0.15) is 67.2 Å². The highest BCUT2D eigenvalue weighted by Crippen LogP contribution is 2.47. The van der Waals surface area contributed by atoms with Gasteiger partial charge in [-0.1, -0.05) is 39.0 Å². The number of carboxylic acid groups (broad SMARTS) is 1. The van der Waals surface area contributed by atoms with Crippen LogP contribution in [0.5, 0.6) is 0 Å². The maximum Gasteiger partial charge on any atom is 0.305 e. The quantitative estimate of drug-likeness (QED) is 0.368. The molecular formula is C25H42O6. The van der Waals surface area contributed by atoms with E-state index < -0.39 is 12.1 Å². The van der Waals surface area contributed by atoms with Crippen LogP contribution in [0, 0.1) is 17.8 Å². The van der Waals surface area contributed by atoms with E-state index in [1.54, 1.807) is 14.0 Å². The Labute approximate surface area is 187 Å². The standard InChI is InChI=1S/C25H42O6/c1-15(14-25(6)24(31-25)18(4)23(29-7)19(5)26)9-8-10-16(2)22-17(3)11-12-20(30-22)13-21(27)28/h8-10,15,17-20,22-24,26H,11-14H2,1-7H3,(H,27,28)/b9-8+,16-10+/t15?,17?,18-,19-,20?,22?,23-,24-,25-/m1/s1. The molecule has 2 saturated heterocycles. The number of aliphatic hydroxyl groups excluding tert-OH is 1. The summed E-state index contributed by atoms with van der Waals surface area (Å²) in [5, 5.41) is 19.0.